The molecule has 0 bridgehead atoms. The lowest BCUT2D eigenvalue weighted by Crippen LogP contribution is -2.51. The summed E-state index contributed by atoms with van der Waals surface area (Å²) in [7, 11) is 0. The summed E-state index contributed by atoms with van der Waals surface area (Å²) < 4.78 is 0. The maximum atomic E-state index is 9.18. The van der Waals surface area contributed by atoms with Gasteiger partial charge in [0.15, 0.2) is 11.1 Å². The molecule has 1 saturated heterocycles. The van der Waals surface area contributed by atoms with E-state index in [9.17, 15) is 5.11 Å². The second-order valence-electron chi connectivity index (χ2n) is 6.50. The Kier molecular flexibility index (Phi) is 9.91. The van der Waals surface area contributed by atoms with Crippen molar-refractivity contribution in [2.75, 3.05) is 44.2 Å². The molecule has 0 saturated carbocycles. The summed E-state index contributed by atoms with van der Waals surface area (Å²) in [6.07, 6.45) is 3.72. The highest BCUT2D eigenvalue weighted by Gasteiger charge is 2.20. The zero-order valence-electron chi connectivity index (χ0n) is 14.6. The summed E-state index contributed by atoms with van der Waals surface area (Å²) in [5.41, 5.74) is 6.17. The van der Waals surface area contributed by atoms with Crippen LogP contribution in [0.2, 0.25) is 0 Å². The van der Waals surface area contributed by atoms with E-state index >= 15 is 0 Å². The third-order valence-corrected chi connectivity index (χ3v) is 4.98. The SMILES string of the molecule is CC(C)CC(CCO)CN=C(N)N1CCN(c2nccs2)CC1.I. The summed E-state index contributed by atoms with van der Waals surface area (Å²) in [6, 6.07) is 0. The van der Waals surface area contributed by atoms with Crippen LogP contribution in [0.3, 0.4) is 0 Å². The van der Waals surface area contributed by atoms with Gasteiger partial charge in [0.05, 0.1) is 0 Å². The number of hydrogen-bond acceptors (Lipinski definition) is 5. The number of guanidine groups is 1. The fraction of sp³-hybridized carbons (Fsp3) is 0.750. The van der Waals surface area contributed by atoms with E-state index in [1.807, 2.05) is 11.6 Å². The number of thiazole rings is 1. The van der Waals surface area contributed by atoms with E-state index in [4.69, 9.17) is 5.73 Å². The Bertz CT molecular complexity index is 475. The summed E-state index contributed by atoms with van der Waals surface area (Å²) in [5, 5.41) is 12.3. The van der Waals surface area contributed by atoms with Gasteiger partial charge < -0.3 is 20.6 Å². The largest absolute Gasteiger partial charge is 0.396 e. The Morgan fingerprint density at radius 3 is 2.62 bits per heavy atom. The Labute approximate surface area is 166 Å². The van der Waals surface area contributed by atoms with E-state index in [1.165, 1.54) is 0 Å². The molecule has 0 aromatic carbocycles. The average Bonchev–Trinajstić information content (AvgIpc) is 3.06. The summed E-state index contributed by atoms with van der Waals surface area (Å²) >= 11 is 1.68. The van der Waals surface area contributed by atoms with Crippen molar-refractivity contribution in [1.82, 2.24) is 9.88 Å². The number of rotatable bonds is 7. The Morgan fingerprint density at radius 2 is 2.08 bits per heavy atom. The maximum Gasteiger partial charge on any atom is 0.191 e. The molecule has 1 aliphatic heterocycles. The molecular formula is C16H30IN5OS. The molecule has 1 fully saturated rings. The zero-order valence-corrected chi connectivity index (χ0v) is 17.7. The fourth-order valence-electron chi connectivity index (χ4n) is 2.95. The molecule has 0 spiro atoms. The van der Waals surface area contributed by atoms with Crippen LogP contribution in [-0.4, -0.2) is 60.3 Å². The standard InChI is InChI=1S/C16H29N5OS.HI/c1-13(2)11-14(3-9-22)12-19-15(17)20-5-7-21(8-6-20)16-18-4-10-23-16;/h4,10,13-14,22H,3,5-9,11-12H2,1-2H3,(H2,17,19);1H. The molecular weight excluding hydrogens is 437 g/mol. The van der Waals surface area contributed by atoms with Gasteiger partial charge in [-0.25, -0.2) is 4.98 Å². The minimum absolute atomic E-state index is 0. The van der Waals surface area contributed by atoms with Crippen molar-refractivity contribution in [3.05, 3.63) is 11.6 Å². The molecule has 0 amide bonds. The van der Waals surface area contributed by atoms with E-state index in [0.29, 0.717) is 24.3 Å². The fourth-order valence-corrected chi connectivity index (χ4v) is 3.65. The third kappa shape index (κ3) is 6.72. The van der Waals surface area contributed by atoms with Gasteiger partial charge in [-0.05, 0) is 24.7 Å². The van der Waals surface area contributed by atoms with Crippen LogP contribution >= 0.6 is 35.3 Å². The number of halogens is 1. The van der Waals surface area contributed by atoms with Gasteiger partial charge in [0.2, 0.25) is 0 Å². The van der Waals surface area contributed by atoms with Crippen LogP contribution in [0.4, 0.5) is 5.13 Å². The van der Waals surface area contributed by atoms with Gasteiger partial charge in [-0.2, -0.15) is 0 Å². The molecule has 0 aliphatic carbocycles. The smallest absolute Gasteiger partial charge is 0.191 e. The van der Waals surface area contributed by atoms with Crippen molar-refractivity contribution in [3.8, 4) is 0 Å². The monoisotopic (exact) mass is 467 g/mol. The first-order valence-electron chi connectivity index (χ1n) is 8.40. The number of nitrogens with two attached hydrogens (primary N) is 1. The second kappa shape index (κ2) is 11.1. The molecule has 1 atom stereocenters. The molecule has 3 N–H and O–H groups in total. The lowest BCUT2D eigenvalue weighted by molar-refractivity contribution is 0.245. The predicted octanol–water partition coefficient (Wildman–Crippen LogP) is 2.24. The molecule has 6 nitrogen and oxygen atoms in total. The van der Waals surface area contributed by atoms with Crippen molar-refractivity contribution in [3.63, 3.8) is 0 Å². The van der Waals surface area contributed by atoms with Crippen LogP contribution in [-0.2, 0) is 0 Å². The van der Waals surface area contributed by atoms with Gasteiger partial charge in [0.25, 0.3) is 0 Å². The number of hydrogen-bond donors (Lipinski definition) is 2. The van der Waals surface area contributed by atoms with Crippen LogP contribution in [0, 0.1) is 11.8 Å². The van der Waals surface area contributed by atoms with Crippen LogP contribution in [0.25, 0.3) is 0 Å². The maximum absolute atomic E-state index is 9.18. The number of nitrogens with zero attached hydrogens (tertiary/aromatic N) is 4. The predicted molar refractivity (Wildman–Crippen MR) is 112 cm³/mol. The molecule has 24 heavy (non-hydrogen) atoms. The van der Waals surface area contributed by atoms with Crippen molar-refractivity contribution < 1.29 is 5.11 Å². The summed E-state index contributed by atoms with van der Waals surface area (Å²) in [5.74, 6) is 1.66. The van der Waals surface area contributed by atoms with E-state index in [2.05, 4.69) is 33.6 Å². The Balaban J connectivity index is 0.00000288. The van der Waals surface area contributed by atoms with Crippen molar-refractivity contribution in [2.24, 2.45) is 22.6 Å². The highest BCUT2D eigenvalue weighted by molar-refractivity contribution is 14.0. The van der Waals surface area contributed by atoms with E-state index in [0.717, 1.165) is 44.2 Å². The first-order chi connectivity index (χ1) is 11.1. The minimum atomic E-state index is 0. The molecule has 1 aliphatic rings. The van der Waals surface area contributed by atoms with E-state index < -0.39 is 0 Å². The zero-order chi connectivity index (χ0) is 16.7. The van der Waals surface area contributed by atoms with Gasteiger partial charge >= 0.3 is 0 Å². The number of aromatic nitrogens is 1. The first-order valence-corrected chi connectivity index (χ1v) is 9.28. The van der Waals surface area contributed by atoms with Gasteiger partial charge in [-0.3, -0.25) is 4.99 Å². The van der Waals surface area contributed by atoms with Gasteiger partial charge in [-0.15, -0.1) is 35.3 Å². The quantitative estimate of drug-likeness (QED) is 0.366. The molecule has 138 valence electrons. The number of anilines is 1. The van der Waals surface area contributed by atoms with Crippen molar-refractivity contribution in [1.29, 1.82) is 0 Å². The molecule has 0 radical (unpaired) electrons. The van der Waals surface area contributed by atoms with Crippen LogP contribution < -0.4 is 10.6 Å². The molecule has 1 aromatic heterocycles. The van der Waals surface area contributed by atoms with Gasteiger partial charge in [-0.1, -0.05) is 13.8 Å². The Hall–Kier alpha value is -0.610. The topological polar surface area (TPSA) is 78.0 Å². The number of aliphatic imine (C=N–C) groups is 1. The second-order valence-corrected chi connectivity index (χ2v) is 7.37. The van der Waals surface area contributed by atoms with Gasteiger partial charge in [0, 0.05) is 50.9 Å². The molecule has 8 heteroatoms. The lowest BCUT2D eigenvalue weighted by atomic mass is 9.94. The number of piperazine rings is 1. The van der Waals surface area contributed by atoms with Crippen LogP contribution in [0.1, 0.15) is 26.7 Å². The third-order valence-electron chi connectivity index (χ3n) is 4.15. The lowest BCUT2D eigenvalue weighted by Gasteiger charge is -2.35. The summed E-state index contributed by atoms with van der Waals surface area (Å²) in [6.45, 7) is 8.94. The van der Waals surface area contributed by atoms with Crippen molar-refractivity contribution in [2.45, 2.75) is 26.7 Å². The summed E-state index contributed by atoms with van der Waals surface area (Å²) in [4.78, 5) is 13.4. The Morgan fingerprint density at radius 1 is 1.38 bits per heavy atom. The highest BCUT2D eigenvalue weighted by Crippen LogP contribution is 2.19. The normalized spacial score (nSPS) is 17.1. The molecule has 1 aromatic rings. The van der Waals surface area contributed by atoms with Crippen LogP contribution in [0.5, 0.6) is 0 Å². The number of aliphatic hydroxyl groups is 1. The molecule has 2 rings (SSSR count). The first kappa shape index (κ1) is 21.4. The average molecular weight is 467 g/mol. The molecule has 2 heterocycles. The van der Waals surface area contributed by atoms with Crippen LogP contribution in [0.15, 0.2) is 16.6 Å². The van der Waals surface area contributed by atoms with Crippen molar-refractivity contribution >= 4 is 46.4 Å². The highest BCUT2D eigenvalue weighted by atomic mass is 127. The minimum Gasteiger partial charge on any atom is -0.396 e. The van der Waals surface area contributed by atoms with E-state index in [-0.39, 0.29) is 30.6 Å². The number of aliphatic hydroxyl groups excluding tert-OH is 1. The van der Waals surface area contributed by atoms with Gasteiger partial charge in [0.1, 0.15) is 0 Å². The van der Waals surface area contributed by atoms with E-state index in [1.54, 1.807) is 11.3 Å². The molecule has 1 unspecified atom stereocenters.